The molecule has 0 saturated carbocycles. The lowest BCUT2D eigenvalue weighted by atomic mass is 10.1. The van der Waals surface area contributed by atoms with Crippen molar-refractivity contribution in [1.29, 1.82) is 0 Å². The summed E-state index contributed by atoms with van der Waals surface area (Å²) in [4.78, 5) is 2.35. The molecule has 2 rings (SSSR count). The van der Waals surface area contributed by atoms with Crippen LogP contribution in [0.5, 0.6) is 0 Å². The Labute approximate surface area is 105 Å². The predicted octanol–water partition coefficient (Wildman–Crippen LogP) is 2.60. The van der Waals surface area contributed by atoms with Gasteiger partial charge in [0.15, 0.2) is 0 Å². The van der Waals surface area contributed by atoms with E-state index in [9.17, 15) is 0 Å². The third-order valence-electron chi connectivity index (χ3n) is 3.97. The molecule has 1 unspecified atom stereocenters. The van der Waals surface area contributed by atoms with Crippen LogP contribution in [0.4, 0.5) is 5.69 Å². The molecule has 2 N–H and O–H groups in total. The van der Waals surface area contributed by atoms with Crippen molar-refractivity contribution >= 4 is 5.69 Å². The molecule has 0 heterocycles. The molecule has 0 aliphatic heterocycles. The van der Waals surface area contributed by atoms with E-state index in [-0.39, 0.29) is 0 Å². The van der Waals surface area contributed by atoms with Crippen molar-refractivity contribution in [2.75, 3.05) is 25.0 Å². The van der Waals surface area contributed by atoms with Crippen LogP contribution < -0.4 is 10.6 Å². The molecule has 0 amide bonds. The highest BCUT2D eigenvalue weighted by molar-refractivity contribution is 5.51. The summed E-state index contributed by atoms with van der Waals surface area (Å²) in [6.07, 6.45) is 5.00. The third-order valence-corrected chi connectivity index (χ3v) is 3.97. The minimum absolute atomic E-state index is 0.605. The number of nitrogens with two attached hydrogens (primary N) is 1. The van der Waals surface area contributed by atoms with Gasteiger partial charge in [0.25, 0.3) is 0 Å². The number of benzene rings is 1. The number of hydrogen-bond donors (Lipinski definition) is 1. The van der Waals surface area contributed by atoms with E-state index in [2.05, 4.69) is 37.1 Å². The van der Waals surface area contributed by atoms with Gasteiger partial charge in [-0.2, -0.15) is 0 Å². The van der Waals surface area contributed by atoms with Crippen molar-refractivity contribution < 1.29 is 0 Å². The lowest BCUT2D eigenvalue weighted by Gasteiger charge is -2.24. The standard InChI is InChI=1S/C15H24N2/c1-3-12(10-16)11-17(2)15-8-7-13-5-4-6-14(13)9-15/h7-9,12H,3-6,10-11,16H2,1-2H3. The molecule has 0 fully saturated rings. The fourth-order valence-corrected chi connectivity index (χ4v) is 2.66. The quantitative estimate of drug-likeness (QED) is 0.845. The molecule has 0 spiro atoms. The van der Waals surface area contributed by atoms with Gasteiger partial charge < -0.3 is 10.6 Å². The molecular formula is C15H24N2. The van der Waals surface area contributed by atoms with Gasteiger partial charge in [0.1, 0.15) is 0 Å². The Morgan fingerprint density at radius 2 is 2.06 bits per heavy atom. The molecule has 0 bridgehead atoms. The van der Waals surface area contributed by atoms with Crippen LogP contribution in [0.3, 0.4) is 0 Å². The van der Waals surface area contributed by atoms with Crippen molar-refractivity contribution in [3.05, 3.63) is 29.3 Å². The van der Waals surface area contributed by atoms with Gasteiger partial charge in [0.05, 0.1) is 0 Å². The van der Waals surface area contributed by atoms with Crippen LogP contribution in [0.15, 0.2) is 18.2 Å². The normalized spacial score (nSPS) is 15.7. The molecule has 2 heteroatoms. The smallest absolute Gasteiger partial charge is 0.0366 e. The minimum atomic E-state index is 0.605. The lowest BCUT2D eigenvalue weighted by molar-refractivity contribution is 0.521. The summed E-state index contributed by atoms with van der Waals surface area (Å²) in [5.41, 5.74) is 10.2. The molecule has 2 nitrogen and oxygen atoms in total. The Hall–Kier alpha value is -1.02. The molecule has 0 saturated heterocycles. The molecule has 1 aromatic carbocycles. The van der Waals surface area contributed by atoms with Gasteiger partial charge in [-0.05, 0) is 55.0 Å². The second-order valence-electron chi connectivity index (χ2n) is 5.20. The van der Waals surface area contributed by atoms with E-state index in [0.717, 1.165) is 19.5 Å². The average molecular weight is 232 g/mol. The number of rotatable bonds is 5. The van der Waals surface area contributed by atoms with E-state index in [1.807, 2.05) is 0 Å². The fraction of sp³-hybridized carbons (Fsp3) is 0.600. The largest absolute Gasteiger partial charge is 0.374 e. The average Bonchev–Trinajstić information content (AvgIpc) is 2.82. The highest BCUT2D eigenvalue weighted by Gasteiger charge is 2.13. The predicted molar refractivity (Wildman–Crippen MR) is 74.6 cm³/mol. The van der Waals surface area contributed by atoms with E-state index in [1.54, 1.807) is 11.1 Å². The maximum Gasteiger partial charge on any atom is 0.0366 e. The summed E-state index contributed by atoms with van der Waals surface area (Å²) >= 11 is 0. The Balaban J connectivity index is 2.06. The third kappa shape index (κ3) is 2.81. The molecular weight excluding hydrogens is 208 g/mol. The minimum Gasteiger partial charge on any atom is -0.374 e. The Kier molecular flexibility index (Phi) is 4.06. The Morgan fingerprint density at radius 3 is 2.76 bits per heavy atom. The van der Waals surface area contributed by atoms with Crippen molar-refractivity contribution in [2.45, 2.75) is 32.6 Å². The van der Waals surface area contributed by atoms with Gasteiger partial charge in [-0.1, -0.05) is 19.4 Å². The first-order valence-electron chi connectivity index (χ1n) is 6.77. The maximum atomic E-state index is 5.77. The van der Waals surface area contributed by atoms with Crippen LogP contribution in [0.25, 0.3) is 0 Å². The molecule has 0 aromatic heterocycles. The summed E-state index contributed by atoms with van der Waals surface area (Å²) in [6, 6.07) is 6.93. The molecule has 1 aliphatic rings. The zero-order chi connectivity index (χ0) is 12.3. The van der Waals surface area contributed by atoms with Gasteiger partial charge in [-0.25, -0.2) is 0 Å². The van der Waals surface area contributed by atoms with E-state index < -0.39 is 0 Å². The fourth-order valence-electron chi connectivity index (χ4n) is 2.66. The van der Waals surface area contributed by atoms with Crippen LogP contribution in [-0.2, 0) is 12.8 Å². The summed E-state index contributed by atoms with van der Waals surface area (Å²) in [7, 11) is 2.18. The highest BCUT2D eigenvalue weighted by atomic mass is 15.1. The monoisotopic (exact) mass is 232 g/mol. The van der Waals surface area contributed by atoms with Crippen molar-refractivity contribution in [3.8, 4) is 0 Å². The van der Waals surface area contributed by atoms with Gasteiger partial charge in [-0.15, -0.1) is 0 Å². The Bertz CT molecular complexity index is 369. The first-order chi connectivity index (χ1) is 8.24. The molecule has 1 atom stereocenters. The number of hydrogen-bond acceptors (Lipinski definition) is 2. The SMILES string of the molecule is CCC(CN)CN(C)c1ccc2c(c1)CCC2. The van der Waals surface area contributed by atoms with E-state index in [4.69, 9.17) is 5.73 Å². The van der Waals surface area contributed by atoms with E-state index >= 15 is 0 Å². The molecule has 94 valence electrons. The van der Waals surface area contributed by atoms with Crippen molar-refractivity contribution in [1.82, 2.24) is 0 Å². The zero-order valence-corrected chi connectivity index (χ0v) is 11.1. The molecule has 17 heavy (non-hydrogen) atoms. The summed E-state index contributed by atoms with van der Waals surface area (Å²) in [6.45, 7) is 4.06. The lowest BCUT2D eigenvalue weighted by Crippen LogP contribution is -2.29. The van der Waals surface area contributed by atoms with Crippen LogP contribution in [0.2, 0.25) is 0 Å². The first kappa shape index (κ1) is 12.4. The molecule has 1 aliphatic carbocycles. The van der Waals surface area contributed by atoms with E-state index in [0.29, 0.717) is 5.92 Å². The van der Waals surface area contributed by atoms with Crippen molar-refractivity contribution in [2.24, 2.45) is 11.7 Å². The van der Waals surface area contributed by atoms with E-state index in [1.165, 1.54) is 24.9 Å². The highest BCUT2D eigenvalue weighted by Crippen LogP contribution is 2.26. The number of fused-ring (bicyclic) bond motifs is 1. The van der Waals surface area contributed by atoms with Gasteiger partial charge in [-0.3, -0.25) is 0 Å². The molecule has 0 radical (unpaired) electrons. The van der Waals surface area contributed by atoms with Gasteiger partial charge >= 0.3 is 0 Å². The summed E-state index contributed by atoms with van der Waals surface area (Å²) in [5, 5.41) is 0. The number of nitrogens with zero attached hydrogens (tertiary/aromatic N) is 1. The number of anilines is 1. The summed E-state index contributed by atoms with van der Waals surface area (Å²) in [5.74, 6) is 0.605. The summed E-state index contributed by atoms with van der Waals surface area (Å²) < 4.78 is 0. The Morgan fingerprint density at radius 1 is 1.29 bits per heavy atom. The van der Waals surface area contributed by atoms with Crippen LogP contribution in [0.1, 0.15) is 30.9 Å². The second kappa shape index (κ2) is 5.54. The van der Waals surface area contributed by atoms with Crippen molar-refractivity contribution in [3.63, 3.8) is 0 Å². The van der Waals surface area contributed by atoms with Gasteiger partial charge in [0, 0.05) is 19.3 Å². The first-order valence-corrected chi connectivity index (χ1v) is 6.77. The van der Waals surface area contributed by atoms with Crippen LogP contribution >= 0.6 is 0 Å². The van der Waals surface area contributed by atoms with Crippen LogP contribution in [-0.4, -0.2) is 20.1 Å². The number of aryl methyl sites for hydroxylation is 2. The topological polar surface area (TPSA) is 29.3 Å². The maximum absolute atomic E-state index is 5.77. The van der Waals surface area contributed by atoms with Gasteiger partial charge in [0.2, 0.25) is 0 Å². The molecule has 1 aromatic rings. The second-order valence-corrected chi connectivity index (χ2v) is 5.20. The zero-order valence-electron chi connectivity index (χ0n) is 11.1. The van der Waals surface area contributed by atoms with Crippen LogP contribution in [0, 0.1) is 5.92 Å².